The Morgan fingerprint density at radius 2 is 1.97 bits per heavy atom. The summed E-state index contributed by atoms with van der Waals surface area (Å²) in [6, 6.07) is 9.89. The fourth-order valence-electron chi connectivity index (χ4n) is 4.86. The second kappa shape index (κ2) is 7.61. The summed E-state index contributed by atoms with van der Waals surface area (Å²) in [5.41, 5.74) is 3.87. The van der Waals surface area contributed by atoms with E-state index in [2.05, 4.69) is 20.9 Å². The van der Waals surface area contributed by atoms with Crippen LogP contribution in [0, 0.1) is 0 Å². The van der Waals surface area contributed by atoms with Crippen LogP contribution in [-0.4, -0.2) is 54.0 Å². The van der Waals surface area contributed by atoms with Crippen molar-refractivity contribution in [2.75, 3.05) is 27.3 Å². The maximum atomic E-state index is 13.8. The van der Waals surface area contributed by atoms with Crippen LogP contribution in [0.25, 0.3) is 16.6 Å². The van der Waals surface area contributed by atoms with Gasteiger partial charge in [-0.15, -0.1) is 0 Å². The van der Waals surface area contributed by atoms with Crippen molar-refractivity contribution in [3.63, 3.8) is 0 Å². The molecule has 6 nitrogen and oxygen atoms in total. The lowest BCUT2D eigenvalue weighted by atomic mass is 9.90. The first kappa shape index (κ1) is 18.9. The van der Waals surface area contributed by atoms with E-state index >= 15 is 0 Å². The van der Waals surface area contributed by atoms with Crippen LogP contribution in [0.1, 0.15) is 40.9 Å². The number of nitrogens with one attached hydrogen (secondary N) is 1. The van der Waals surface area contributed by atoms with E-state index < -0.39 is 0 Å². The van der Waals surface area contributed by atoms with Gasteiger partial charge in [0.1, 0.15) is 22.7 Å². The second-order valence-corrected chi connectivity index (χ2v) is 7.87. The third-order valence-corrected chi connectivity index (χ3v) is 6.30. The predicted molar refractivity (Wildman–Crippen MR) is 116 cm³/mol. The van der Waals surface area contributed by atoms with Crippen molar-refractivity contribution in [2.24, 2.45) is 0 Å². The number of hydrogen-bond donors (Lipinski definition) is 1. The van der Waals surface area contributed by atoms with Crippen molar-refractivity contribution in [2.45, 2.75) is 25.3 Å². The minimum absolute atomic E-state index is 0.146. The Morgan fingerprint density at radius 3 is 2.73 bits per heavy atom. The molecule has 0 spiro atoms. The van der Waals surface area contributed by atoms with Gasteiger partial charge in [0.25, 0.3) is 0 Å². The lowest BCUT2D eigenvalue weighted by Crippen LogP contribution is -2.33. The number of nitrogens with zero attached hydrogens (tertiary/aromatic N) is 2. The molecule has 2 aromatic heterocycles. The fraction of sp³-hybridized carbons (Fsp3) is 0.333. The van der Waals surface area contributed by atoms with Gasteiger partial charge in [0.05, 0.1) is 19.9 Å². The summed E-state index contributed by atoms with van der Waals surface area (Å²) < 4.78 is 11.0. The molecule has 1 N–H and O–H groups in total. The third kappa shape index (κ3) is 2.99. The number of ether oxygens (including phenoxy) is 2. The zero-order valence-corrected chi connectivity index (χ0v) is 17.3. The molecule has 0 radical (unpaired) electrons. The first-order valence-electron chi connectivity index (χ1n) is 10.4. The van der Waals surface area contributed by atoms with Crippen LogP contribution < -0.4 is 9.47 Å². The Hall–Kier alpha value is -3.12. The highest BCUT2D eigenvalue weighted by molar-refractivity contribution is 6.17. The minimum atomic E-state index is -0.146. The van der Waals surface area contributed by atoms with Crippen LogP contribution in [0.3, 0.4) is 0 Å². The number of aromatic nitrogens is 2. The summed E-state index contributed by atoms with van der Waals surface area (Å²) in [4.78, 5) is 24.1. The van der Waals surface area contributed by atoms with Crippen molar-refractivity contribution >= 4 is 22.4 Å². The molecule has 3 aromatic rings. The summed E-state index contributed by atoms with van der Waals surface area (Å²) in [5.74, 6) is 0.847. The number of hydrogen-bond acceptors (Lipinski definition) is 5. The second-order valence-electron chi connectivity index (χ2n) is 7.87. The normalized spacial score (nSPS) is 18.9. The van der Waals surface area contributed by atoms with Gasteiger partial charge in [0.15, 0.2) is 0 Å². The lowest BCUT2D eigenvalue weighted by molar-refractivity contribution is 0.102. The van der Waals surface area contributed by atoms with Gasteiger partial charge in [-0.25, -0.2) is 4.98 Å². The van der Waals surface area contributed by atoms with Gasteiger partial charge in [-0.05, 0) is 55.6 Å². The van der Waals surface area contributed by atoms with E-state index in [0.29, 0.717) is 28.8 Å². The fourth-order valence-corrected chi connectivity index (χ4v) is 4.86. The van der Waals surface area contributed by atoms with Gasteiger partial charge >= 0.3 is 0 Å². The first-order chi connectivity index (χ1) is 14.7. The molecule has 0 aliphatic carbocycles. The van der Waals surface area contributed by atoms with E-state index in [0.717, 1.165) is 36.1 Å². The highest BCUT2D eigenvalue weighted by atomic mass is 16.5. The van der Waals surface area contributed by atoms with Crippen LogP contribution in [0.15, 0.2) is 42.6 Å². The molecule has 5 rings (SSSR count). The molecule has 2 aliphatic rings. The van der Waals surface area contributed by atoms with Crippen molar-refractivity contribution in [3.05, 3.63) is 59.4 Å². The average Bonchev–Trinajstić information content (AvgIpc) is 3.41. The van der Waals surface area contributed by atoms with Crippen LogP contribution in [0.2, 0.25) is 0 Å². The molecule has 0 saturated carbocycles. The molecular weight excluding hydrogens is 378 g/mol. The zero-order chi connectivity index (χ0) is 20.7. The van der Waals surface area contributed by atoms with E-state index in [9.17, 15) is 4.79 Å². The average molecular weight is 403 g/mol. The molecule has 0 bridgehead atoms. The number of H-pyrrole nitrogens is 1. The van der Waals surface area contributed by atoms with Crippen LogP contribution in [0.4, 0.5) is 0 Å². The number of fused-ring (bicyclic) bond motifs is 2. The summed E-state index contributed by atoms with van der Waals surface area (Å²) in [5, 5.41) is 0.979. The zero-order valence-electron chi connectivity index (χ0n) is 17.3. The van der Waals surface area contributed by atoms with Crippen LogP contribution in [0.5, 0.6) is 11.5 Å². The molecule has 1 saturated heterocycles. The summed E-state index contributed by atoms with van der Waals surface area (Å²) in [6.45, 7) is 2.09. The Bertz CT molecular complexity index is 1130. The lowest BCUT2D eigenvalue weighted by Gasteiger charge is -2.29. The van der Waals surface area contributed by atoms with Crippen molar-refractivity contribution < 1.29 is 14.3 Å². The molecule has 1 fully saturated rings. The first-order valence-corrected chi connectivity index (χ1v) is 10.4. The van der Waals surface area contributed by atoms with Gasteiger partial charge < -0.3 is 14.5 Å². The molecule has 154 valence electrons. The van der Waals surface area contributed by atoms with Gasteiger partial charge in [-0.2, -0.15) is 0 Å². The number of benzene rings is 1. The predicted octanol–water partition coefficient (Wildman–Crippen LogP) is 4.06. The maximum absolute atomic E-state index is 13.8. The Labute approximate surface area is 175 Å². The van der Waals surface area contributed by atoms with Gasteiger partial charge in [-0.1, -0.05) is 12.1 Å². The number of carbonyl (C=O) groups excluding carboxylic acids is 1. The summed E-state index contributed by atoms with van der Waals surface area (Å²) in [7, 11) is 3.13. The van der Waals surface area contributed by atoms with Crippen LogP contribution in [-0.2, 0) is 0 Å². The van der Waals surface area contributed by atoms with Gasteiger partial charge in [-0.3, -0.25) is 9.69 Å². The summed E-state index contributed by atoms with van der Waals surface area (Å²) in [6.07, 6.45) is 7.42. The van der Waals surface area contributed by atoms with Crippen molar-refractivity contribution in [1.82, 2.24) is 14.9 Å². The number of ketones is 1. The monoisotopic (exact) mass is 403 g/mol. The molecule has 1 aromatic carbocycles. The summed E-state index contributed by atoms with van der Waals surface area (Å²) >= 11 is 0. The number of pyridine rings is 1. The molecule has 4 heterocycles. The van der Waals surface area contributed by atoms with E-state index in [1.807, 2.05) is 18.2 Å². The maximum Gasteiger partial charge on any atom is 0.217 e. The van der Waals surface area contributed by atoms with Gasteiger partial charge in [0, 0.05) is 29.7 Å². The Balaban J connectivity index is 1.68. The molecule has 0 amide bonds. The van der Waals surface area contributed by atoms with E-state index in [4.69, 9.17) is 9.47 Å². The SMILES string of the molecule is COc1cccc(OC)c1C(=O)c1[nH]c2ncccc2c1C1=CCN2CCCC2C1. The highest BCUT2D eigenvalue weighted by Crippen LogP contribution is 2.39. The Morgan fingerprint density at radius 1 is 1.17 bits per heavy atom. The number of aromatic amines is 1. The number of carbonyl (C=O) groups is 1. The van der Waals surface area contributed by atoms with Gasteiger partial charge in [0.2, 0.25) is 5.78 Å². The van der Waals surface area contributed by atoms with Crippen molar-refractivity contribution in [1.29, 1.82) is 0 Å². The smallest absolute Gasteiger partial charge is 0.217 e. The molecular formula is C24H25N3O3. The standard InChI is InChI=1S/C24H25N3O3/c1-29-18-8-3-9-19(30-2)21(18)23(28)22-20(17-7-4-11-25-24(17)26-22)15-10-13-27-12-5-6-16(27)14-15/h3-4,7-11,16H,5-6,12-14H2,1-2H3,(H,25,26). The van der Waals surface area contributed by atoms with E-state index in [1.54, 1.807) is 32.5 Å². The molecule has 1 atom stereocenters. The van der Waals surface area contributed by atoms with E-state index in [-0.39, 0.29) is 5.78 Å². The van der Waals surface area contributed by atoms with Crippen molar-refractivity contribution in [3.8, 4) is 11.5 Å². The Kier molecular flexibility index (Phi) is 4.79. The topological polar surface area (TPSA) is 67.5 Å². The number of rotatable bonds is 5. The number of methoxy groups -OCH3 is 2. The molecule has 2 aliphatic heterocycles. The quantitative estimate of drug-likeness (QED) is 0.651. The highest BCUT2D eigenvalue weighted by Gasteiger charge is 2.32. The molecule has 6 heteroatoms. The largest absolute Gasteiger partial charge is 0.496 e. The molecule has 30 heavy (non-hydrogen) atoms. The third-order valence-electron chi connectivity index (χ3n) is 6.30. The van der Waals surface area contributed by atoms with Crippen LogP contribution >= 0.6 is 0 Å². The minimum Gasteiger partial charge on any atom is -0.496 e. The molecule has 1 unspecified atom stereocenters. The van der Waals surface area contributed by atoms with E-state index in [1.165, 1.54) is 18.4 Å².